The standard InChI is InChI=1S/C12H17N.C12H10O/c1-2-4-11(5-3-1)10-12-6-8-13-9-7-12;13-12-9-5-4-8-11(12)10-6-2-1-3-7-10/h1-5,12-13H,6-10H2;1-9,13H. The molecule has 0 amide bonds. The van der Waals surface area contributed by atoms with Gasteiger partial charge in [-0.2, -0.15) is 0 Å². The van der Waals surface area contributed by atoms with Crippen molar-refractivity contribution in [3.05, 3.63) is 90.5 Å². The van der Waals surface area contributed by atoms with Gasteiger partial charge in [0.05, 0.1) is 0 Å². The first-order valence-electron chi connectivity index (χ1n) is 9.41. The summed E-state index contributed by atoms with van der Waals surface area (Å²) in [6, 6.07) is 28.0. The van der Waals surface area contributed by atoms with E-state index in [-0.39, 0.29) is 0 Å². The summed E-state index contributed by atoms with van der Waals surface area (Å²) in [6.07, 6.45) is 3.95. The molecule has 1 saturated heterocycles. The van der Waals surface area contributed by atoms with Crippen LogP contribution in [0.4, 0.5) is 0 Å². The number of rotatable bonds is 3. The van der Waals surface area contributed by atoms with Gasteiger partial charge in [0, 0.05) is 5.56 Å². The molecule has 1 heterocycles. The minimum absolute atomic E-state index is 0.328. The van der Waals surface area contributed by atoms with E-state index in [0.29, 0.717) is 5.75 Å². The number of aromatic hydroxyl groups is 1. The summed E-state index contributed by atoms with van der Waals surface area (Å²) in [4.78, 5) is 0. The van der Waals surface area contributed by atoms with Crippen molar-refractivity contribution in [3.63, 3.8) is 0 Å². The van der Waals surface area contributed by atoms with E-state index < -0.39 is 0 Å². The van der Waals surface area contributed by atoms with Crippen molar-refractivity contribution in [1.82, 2.24) is 5.32 Å². The second-order valence-electron chi connectivity index (χ2n) is 6.77. The van der Waals surface area contributed by atoms with Crippen LogP contribution in [-0.4, -0.2) is 18.2 Å². The molecule has 2 nitrogen and oxygen atoms in total. The van der Waals surface area contributed by atoms with E-state index in [2.05, 4.69) is 35.6 Å². The fourth-order valence-electron chi connectivity index (χ4n) is 3.37. The predicted octanol–water partition coefficient (Wildman–Crippen LogP) is 5.29. The quantitative estimate of drug-likeness (QED) is 0.676. The molecule has 0 aromatic heterocycles. The van der Waals surface area contributed by atoms with Crippen molar-refractivity contribution < 1.29 is 5.11 Å². The molecule has 0 spiro atoms. The highest BCUT2D eigenvalue weighted by molar-refractivity contribution is 5.69. The lowest BCUT2D eigenvalue weighted by Crippen LogP contribution is -2.28. The third-order valence-electron chi connectivity index (χ3n) is 4.81. The Hall–Kier alpha value is -2.58. The zero-order valence-electron chi connectivity index (χ0n) is 15.1. The van der Waals surface area contributed by atoms with Gasteiger partial charge < -0.3 is 10.4 Å². The summed E-state index contributed by atoms with van der Waals surface area (Å²) in [7, 11) is 0. The normalized spacial score (nSPS) is 14.3. The second kappa shape index (κ2) is 9.79. The Labute approximate surface area is 156 Å². The van der Waals surface area contributed by atoms with Crippen LogP contribution >= 0.6 is 0 Å². The molecule has 1 fully saturated rings. The lowest BCUT2D eigenvalue weighted by molar-refractivity contribution is 0.372. The van der Waals surface area contributed by atoms with Crippen LogP contribution < -0.4 is 5.32 Å². The zero-order chi connectivity index (χ0) is 18.0. The topological polar surface area (TPSA) is 32.3 Å². The Morgan fingerprint density at radius 2 is 1.31 bits per heavy atom. The molecular formula is C24H27NO. The molecule has 2 N–H and O–H groups in total. The van der Waals surface area contributed by atoms with Gasteiger partial charge in [-0.15, -0.1) is 0 Å². The summed E-state index contributed by atoms with van der Waals surface area (Å²) in [5.74, 6) is 1.23. The highest BCUT2D eigenvalue weighted by Crippen LogP contribution is 2.27. The summed E-state index contributed by atoms with van der Waals surface area (Å²) >= 11 is 0. The number of phenols is 1. The Balaban J connectivity index is 0.000000151. The fourth-order valence-corrected chi connectivity index (χ4v) is 3.37. The molecular weight excluding hydrogens is 318 g/mol. The molecule has 134 valence electrons. The summed E-state index contributed by atoms with van der Waals surface area (Å²) in [6.45, 7) is 2.41. The van der Waals surface area contributed by atoms with Crippen LogP contribution in [0.15, 0.2) is 84.9 Å². The Morgan fingerprint density at radius 3 is 1.96 bits per heavy atom. The lowest BCUT2D eigenvalue weighted by Gasteiger charge is -2.22. The molecule has 0 saturated carbocycles. The summed E-state index contributed by atoms with van der Waals surface area (Å²) in [5, 5.41) is 13.0. The van der Waals surface area contributed by atoms with Gasteiger partial charge in [0.25, 0.3) is 0 Å². The largest absolute Gasteiger partial charge is 0.507 e. The Bertz CT molecular complexity index is 764. The van der Waals surface area contributed by atoms with Crippen LogP contribution in [0.1, 0.15) is 18.4 Å². The average Bonchev–Trinajstić information content (AvgIpc) is 2.71. The fraction of sp³-hybridized carbons (Fsp3) is 0.250. The van der Waals surface area contributed by atoms with Gasteiger partial charge in [0.2, 0.25) is 0 Å². The minimum atomic E-state index is 0.328. The number of benzene rings is 3. The van der Waals surface area contributed by atoms with Crippen LogP contribution in [0.3, 0.4) is 0 Å². The van der Waals surface area contributed by atoms with E-state index >= 15 is 0 Å². The second-order valence-corrected chi connectivity index (χ2v) is 6.77. The van der Waals surface area contributed by atoms with Crippen molar-refractivity contribution in [2.45, 2.75) is 19.3 Å². The smallest absolute Gasteiger partial charge is 0.123 e. The molecule has 26 heavy (non-hydrogen) atoms. The zero-order valence-corrected chi connectivity index (χ0v) is 15.1. The van der Waals surface area contributed by atoms with Gasteiger partial charge in [-0.1, -0.05) is 78.9 Å². The van der Waals surface area contributed by atoms with Crippen LogP contribution in [0.2, 0.25) is 0 Å². The molecule has 4 rings (SSSR count). The molecule has 0 bridgehead atoms. The van der Waals surface area contributed by atoms with Crippen molar-refractivity contribution in [2.24, 2.45) is 5.92 Å². The number of hydrogen-bond donors (Lipinski definition) is 2. The molecule has 0 aliphatic carbocycles. The van der Waals surface area contributed by atoms with Gasteiger partial charge in [0.15, 0.2) is 0 Å². The third-order valence-corrected chi connectivity index (χ3v) is 4.81. The number of para-hydroxylation sites is 1. The van der Waals surface area contributed by atoms with Crippen LogP contribution in [-0.2, 0) is 6.42 Å². The maximum absolute atomic E-state index is 9.56. The van der Waals surface area contributed by atoms with Gasteiger partial charge >= 0.3 is 0 Å². The van der Waals surface area contributed by atoms with Crippen molar-refractivity contribution in [1.29, 1.82) is 0 Å². The SMILES string of the molecule is Oc1ccccc1-c1ccccc1.c1ccc(CC2CCNCC2)cc1. The van der Waals surface area contributed by atoms with Crippen molar-refractivity contribution in [2.75, 3.05) is 13.1 Å². The van der Waals surface area contributed by atoms with E-state index in [0.717, 1.165) is 17.0 Å². The first-order chi connectivity index (χ1) is 12.8. The van der Waals surface area contributed by atoms with Crippen molar-refractivity contribution >= 4 is 0 Å². The van der Waals surface area contributed by atoms with Gasteiger partial charge in [-0.05, 0) is 55.5 Å². The molecule has 3 aromatic carbocycles. The number of nitrogens with one attached hydrogen (secondary N) is 1. The first kappa shape index (κ1) is 18.2. The highest BCUT2D eigenvalue weighted by atomic mass is 16.3. The molecule has 1 aliphatic rings. The lowest BCUT2D eigenvalue weighted by atomic mass is 9.91. The third kappa shape index (κ3) is 5.47. The van der Waals surface area contributed by atoms with Crippen LogP contribution in [0, 0.1) is 5.92 Å². The predicted molar refractivity (Wildman–Crippen MR) is 109 cm³/mol. The van der Waals surface area contributed by atoms with E-state index in [1.54, 1.807) is 6.07 Å². The summed E-state index contributed by atoms with van der Waals surface area (Å²) in [5.41, 5.74) is 3.41. The minimum Gasteiger partial charge on any atom is -0.507 e. The van der Waals surface area contributed by atoms with Crippen LogP contribution in [0.25, 0.3) is 11.1 Å². The molecule has 0 radical (unpaired) electrons. The van der Waals surface area contributed by atoms with Crippen molar-refractivity contribution in [3.8, 4) is 16.9 Å². The van der Waals surface area contributed by atoms with E-state index in [9.17, 15) is 5.11 Å². The van der Waals surface area contributed by atoms with Gasteiger partial charge in [-0.25, -0.2) is 0 Å². The van der Waals surface area contributed by atoms with Crippen LogP contribution in [0.5, 0.6) is 5.75 Å². The van der Waals surface area contributed by atoms with E-state index in [1.807, 2.05) is 48.5 Å². The first-order valence-corrected chi connectivity index (χ1v) is 9.41. The number of phenolic OH excluding ortho intramolecular Hbond substituents is 1. The molecule has 3 aromatic rings. The number of hydrogen-bond acceptors (Lipinski definition) is 2. The maximum atomic E-state index is 9.56. The molecule has 1 aliphatic heterocycles. The maximum Gasteiger partial charge on any atom is 0.123 e. The Kier molecular flexibility index (Phi) is 6.86. The summed E-state index contributed by atoms with van der Waals surface area (Å²) < 4.78 is 0. The monoisotopic (exact) mass is 345 g/mol. The highest BCUT2D eigenvalue weighted by Gasteiger charge is 2.12. The molecule has 2 heteroatoms. The Morgan fingerprint density at radius 1 is 0.731 bits per heavy atom. The van der Waals surface area contributed by atoms with E-state index in [4.69, 9.17) is 0 Å². The van der Waals surface area contributed by atoms with E-state index in [1.165, 1.54) is 37.9 Å². The van der Waals surface area contributed by atoms with Gasteiger partial charge in [0.1, 0.15) is 5.75 Å². The van der Waals surface area contributed by atoms with Gasteiger partial charge in [-0.3, -0.25) is 0 Å². The molecule has 0 atom stereocenters. The average molecular weight is 345 g/mol. The number of piperidine rings is 1. The molecule has 0 unspecified atom stereocenters.